The van der Waals surface area contributed by atoms with Gasteiger partial charge in [0.15, 0.2) is 11.6 Å². The van der Waals surface area contributed by atoms with Gasteiger partial charge in [0.05, 0.1) is 6.61 Å². The van der Waals surface area contributed by atoms with Crippen molar-refractivity contribution in [1.29, 1.82) is 0 Å². The maximum Gasteiger partial charge on any atom is 0.164 e. The van der Waals surface area contributed by atoms with Gasteiger partial charge in [-0.1, -0.05) is 30.4 Å². The zero-order chi connectivity index (χ0) is 17.8. The van der Waals surface area contributed by atoms with Crippen LogP contribution in [0.1, 0.15) is 55.6 Å². The van der Waals surface area contributed by atoms with Crippen LogP contribution in [0, 0.1) is 29.4 Å². The Morgan fingerprint density at radius 1 is 1.04 bits per heavy atom. The first-order chi connectivity index (χ1) is 12.1. The highest BCUT2D eigenvalue weighted by atomic mass is 19.2. The molecule has 0 N–H and O–H groups in total. The molecule has 1 nitrogen and oxygen atoms in total. The predicted molar refractivity (Wildman–Crippen MR) is 97.3 cm³/mol. The van der Waals surface area contributed by atoms with E-state index in [4.69, 9.17) is 4.74 Å². The molecule has 136 valence electrons. The smallest absolute Gasteiger partial charge is 0.164 e. The number of hydrogen-bond donors (Lipinski definition) is 0. The molecule has 0 bridgehead atoms. The lowest BCUT2D eigenvalue weighted by atomic mass is 9.70. The van der Waals surface area contributed by atoms with Crippen molar-refractivity contribution >= 4 is 0 Å². The average Bonchev–Trinajstić information content (AvgIpc) is 2.66. The highest BCUT2D eigenvalue weighted by Gasteiger charge is 2.30. The van der Waals surface area contributed by atoms with Gasteiger partial charge in [-0.3, -0.25) is 0 Å². The second-order valence-corrected chi connectivity index (χ2v) is 7.51. The third-order valence-electron chi connectivity index (χ3n) is 6.05. The molecular weight excluding hydrogens is 318 g/mol. The minimum absolute atomic E-state index is 0.107. The second-order valence-electron chi connectivity index (χ2n) is 7.51. The Morgan fingerprint density at radius 2 is 1.80 bits per heavy atom. The monoisotopic (exact) mass is 346 g/mol. The van der Waals surface area contributed by atoms with Gasteiger partial charge in [0, 0.05) is 12.7 Å². The van der Waals surface area contributed by atoms with Crippen molar-refractivity contribution in [3.63, 3.8) is 0 Å². The largest absolute Gasteiger partial charge is 0.380 e. The van der Waals surface area contributed by atoms with Crippen molar-refractivity contribution in [3.05, 3.63) is 59.7 Å². The fraction of sp³-hybridized carbons (Fsp3) is 0.545. The van der Waals surface area contributed by atoms with Crippen LogP contribution in [0.5, 0.6) is 0 Å². The van der Waals surface area contributed by atoms with E-state index in [1.165, 1.54) is 20.0 Å². The summed E-state index contributed by atoms with van der Waals surface area (Å²) in [6.45, 7) is 3.98. The standard InChI is InChI=1S/C22H28F2O/c1-3-15-4-6-16(7-5-15)17-8-10-18(11-9-17)20-13-12-19(14-25-2)21(23)22(20)24/h3-4,6,12-13,15-18H,1,5,7-11,14H2,2H3. The number of ether oxygens (including phenoxy) is 1. The van der Waals surface area contributed by atoms with E-state index in [0.29, 0.717) is 28.9 Å². The molecule has 0 spiro atoms. The van der Waals surface area contributed by atoms with E-state index >= 15 is 0 Å². The molecule has 2 unspecified atom stereocenters. The summed E-state index contributed by atoms with van der Waals surface area (Å²) < 4.78 is 33.5. The van der Waals surface area contributed by atoms with Gasteiger partial charge < -0.3 is 4.74 Å². The third-order valence-corrected chi connectivity index (χ3v) is 6.05. The average molecular weight is 346 g/mol. The summed E-state index contributed by atoms with van der Waals surface area (Å²) in [5.41, 5.74) is 0.836. The quantitative estimate of drug-likeness (QED) is 0.581. The van der Waals surface area contributed by atoms with Crippen LogP contribution in [0.25, 0.3) is 0 Å². The second kappa shape index (κ2) is 8.27. The van der Waals surface area contributed by atoms with Crippen LogP contribution >= 0.6 is 0 Å². The Balaban J connectivity index is 1.63. The lowest BCUT2D eigenvalue weighted by Gasteiger charge is -2.35. The lowest BCUT2D eigenvalue weighted by Crippen LogP contribution is -2.23. The van der Waals surface area contributed by atoms with E-state index in [1.54, 1.807) is 12.1 Å². The van der Waals surface area contributed by atoms with E-state index < -0.39 is 11.6 Å². The summed E-state index contributed by atoms with van der Waals surface area (Å²) in [7, 11) is 1.49. The van der Waals surface area contributed by atoms with Gasteiger partial charge in [-0.2, -0.15) is 0 Å². The number of methoxy groups -OCH3 is 1. The van der Waals surface area contributed by atoms with E-state index in [2.05, 4.69) is 18.7 Å². The van der Waals surface area contributed by atoms with Crippen molar-refractivity contribution < 1.29 is 13.5 Å². The minimum atomic E-state index is -0.743. The van der Waals surface area contributed by atoms with E-state index in [9.17, 15) is 8.78 Å². The molecule has 3 heteroatoms. The van der Waals surface area contributed by atoms with Crippen molar-refractivity contribution in [2.75, 3.05) is 7.11 Å². The summed E-state index contributed by atoms with van der Waals surface area (Å²) >= 11 is 0. The summed E-state index contributed by atoms with van der Waals surface area (Å²) in [4.78, 5) is 0. The first-order valence-electron chi connectivity index (χ1n) is 9.40. The molecule has 0 amide bonds. The summed E-state index contributed by atoms with van der Waals surface area (Å²) in [6, 6.07) is 3.43. The highest BCUT2D eigenvalue weighted by molar-refractivity contribution is 5.29. The zero-order valence-corrected chi connectivity index (χ0v) is 15.0. The van der Waals surface area contributed by atoms with Gasteiger partial charge in [0.2, 0.25) is 0 Å². The topological polar surface area (TPSA) is 9.23 Å². The van der Waals surface area contributed by atoms with E-state index in [1.807, 2.05) is 6.08 Å². The van der Waals surface area contributed by atoms with Crippen molar-refractivity contribution in [2.24, 2.45) is 17.8 Å². The molecule has 1 aromatic rings. The summed E-state index contributed by atoms with van der Waals surface area (Å²) in [5, 5.41) is 0. The number of benzene rings is 1. The van der Waals surface area contributed by atoms with Gasteiger partial charge in [-0.25, -0.2) is 8.78 Å². The molecule has 0 aliphatic heterocycles. The first-order valence-corrected chi connectivity index (χ1v) is 9.40. The molecule has 2 aliphatic carbocycles. The van der Waals surface area contributed by atoms with Crippen molar-refractivity contribution in [1.82, 2.24) is 0 Å². The Morgan fingerprint density at radius 3 is 2.40 bits per heavy atom. The van der Waals surface area contributed by atoms with Gasteiger partial charge in [0.1, 0.15) is 0 Å². The third kappa shape index (κ3) is 4.03. The number of hydrogen-bond acceptors (Lipinski definition) is 1. The van der Waals surface area contributed by atoms with Gasteiger partial charge >= 0.3 is 0 Å². The molecule has 2 atom stereocenters. The zero-order valence-electron chi connectivity index (χ0n) is 15.0. The summed E-state index contributed by atoms with van der Waals surface area (Å²) in [6.07, 6.45) is 13.2. The van der Waals surface area contributed by atoms with Crippen LogP contribution in [0.2, 0.25) is 0 Å². The van der Waals surface area contributed by atoms with Crippen LogP contribution in [-0.4, -0.2) is 7.11 Å². The van der Waals surface area contributed by atoms with Crippen molar-refractivity contribution in [3.8, 4) is 0 Å². The molecule has 0 heterocycles. The fourth-order valence-corrected chi connectivity index (χ4v) is 4.50. The molecule has 2 aliphatic rings. The Kier molecular flexibility index (Phi) is 6.06. The van der Waals surface area contributed by atoms with Gasteiger partial charge in [-0.15, -0.1) is 6.58 Å². The number of allylic oxidation sites excluding steroid dienone is 3. The minimum Gasteiger partial charge on any atom is -0.380 e. The Hall–Kier alpha value is -1.48. The number of rotatable bonds is 5. The number of halogens is 2. The van der Waals surface area contributed by atoms with E-state index in [-0.39, 0.29) is 12.5 Å². The Labute approximate surface area is 149 Å². The first kappa shape index (κ1) is 18.3. The molecule has 0 aromatic heterocycles. The van der Waals surface area contributed by atoms with Crippen LogP contribution in [0.3, 0.4) is 0 Å². The molecule has 1 aromatic carbocycles. The normalized spacial score (nSPS) is 29.6. The Bertz CT molecular complexity index is 629. The van der Waals surface area contributed by atoms with Gasteiger partial charge in [0.25, 0.3) is 0 Å². The predicted octanol–water partition coefficient (Wildman–Crippen LogP) is 6.15. The van der Waals surface area contributed by atoms with Gasteiger partial charge in [-0.05, 0) is 67.8 Å². The molecule has 25 heavy (non-hydrogen) atoms. The molecular formula is C22H28F2O. The van der Waals surface area contributed by atoms with Crippen LogP contribution in [0.15, 0.2) is 36.9 Å². The summed E-state index contributed by atoms with van der Waals surface area (Å²) in [5.74, 6) is 0.560. The molecule has 0 radical (unpaired) electrons. The maximum absolute atomic E-state index is 14.5. The molecule has 0 saturated heterocycles. The molecule has 1 saturated carbocycles. The van der Waals surface area contributed by atoms with Crippen LogP contribution < -0.4 is 0 Å². The van der Waals surface area contributed by atoms with Crippen molar-refractivity contribution in [2.45, 2.75) is 51.0 Å². The highest BCUT2D eigenvalue weighted by Crippen LogP contribution is 2.42. The van der Waals surface area contributed by atoms with Crippen LogP contribution in [-0.2, 0) is 11.3 Å². The van der Waals surface area contributed by atoms with E-state index in [0.717, 1.165) is 25.7 Å². The molecule has 3 rings (SSSR count). The SMILES string of the molecule is C=CC1C=CC(C2CCC(c3ccc(COC)c(F)c3F)CC2)CC1. The molecule has 1 fully saturated rings. The van der Waals surface area contributed by atoms with Crippen LogP contribution in [0.4, 0.5) is 8.78 Å². The maximum atomic E-state index is 14.5. The lowest BCUT2D eigenvalue weighted by molar-refractivity contribution is 0.180. The fourth-order valence-electron chi connectivity index (χ4n) is 4.50.